The van der Waals surface area contributed by atoms with Gasteiger partial charge in [0.2, 0.25) is 5.75 Å². The molecule has 2 aromatic carbocycles. The van der Waals surface area contributed by atoms with Crippen molar-refractivity contribution in [2.75, 3.05) is 34.5 Å². The van der Waals surface area contributed by atoms with Crippen LogP contribution in [0, 0.1) is 0 Å². The largest absolute Gasteiger partial charge is 0.493 e. The van der Waals surface area contributed by atoms with Crippen LogP contribution in [-0.2, 0) is 16.1 Å². The van der Waals surface area contributed by atoms with Crippen LogP contribution in [0.1, 0.15) is 12.5 Å². The molecule has 0 N–H and O–H groups in total. The number of hydrogen-bond acceptors (Lipinski definition) is 6. The van der Waals surface area contributed by atoms with Crippen molar-refractivity contribution in [2.45, 2.75) is 13.5 Å². The van der Waals surface area contributed by atoms with Gasteiger partial charge in [0.25, 0.3) is 5.91 Å². The molecule has 7 nitrogen and oxygen atoms in total. The number of nitrogens with zero attached hydrogens (tertiary/aromatic N) is 2. The SMILES string of the molecule is CCOCCn1c(=NC(=O)/C=C\c2cc(OC)c(OC)c(OC)c2)sc2cc(Br)ccc21. The predicted octanol–water partition coefficient (Wildman–Crippen LogP) is 4.67. The third-order valence-corrected chi connectivity index (χ3v) is 6.15. The number of aromatic nitrogens is 1. The van der Waals surface area contributed by atoms with Crippen molar-refractivity contribution in [1.29, 1.82) is 0 Å². The number of fused-ring (bicyclic) bond motifs is 1. The fourth-order valence-electron chi connectivity index (χ4n) is 3.15. The van der Waals surface area contributed by atoms with E-state index < -0.39 is 0 Å². The molecule has 32 heavy (non-hydrogen) atoms. The van der Waals surface area contributed by atoms with Gasteiger partial charge < -0.3 is 23.5 Å². The highest BCUT2D eigenvalue weighted by atomic mass is 79.9. The first-order valence-electron chi connectivity index (χ1n) is 9.94. The quantitative estimate of drug-likeness (QED) is 0.303. The van der Waals surface area contributed by atoms with E-state index in [0.717, 1.165) is 20.3 Å². The van der Waals surface area contributed by atoms with Crippen LogP contribution in [0.4, 0.5) is 0 Å². The highest BCUT2D eigenvalue weighted by Gasteiger charge is 2.12. The molecule has 0 atom stereocenters. The molecule has 0 radical (unpaired) electrons. The summed E-state index contributed by atoms with van der Waals surface area (Å²) in [6.45, 7) is 3.74. The van der Waals surface area contributed by atoms with Gasteiger partial charge >= 0.3 is 0 Å². The molecule has 0 spiro atoms. The molecular formula is C23H25BrN2O5S. The molecule has 1 heterocycles. The number of halogens is 1. The number of ether oxygens (including phenoxy) is 4. The number of thiazole rings is 1. The van der Waals surface area contributed by atoms with Gasteiger partial charge in [-0.05, 0) is 48.9 Å². The summed E-state index contributed by atoms with van der Waals surface area (Å²) < 4.78 is 25.6. The van der Waals surface area contributed by atoms with Crippen molar-refractivity contribution in [3.63, 3.8) is 0 Å². The lowest BCUT2D eigenvalue weighted by Crippen LogP contribution is -2.19. The zero-order chi connectivity index (χ0) is 23.1. The molecule has 0 unspecified atom stereocenters. The summed E-state index contributed by atoms with van der Waals surface area (Å²) in [4.78, 5) is 17.6. The molecule has 0 aliphatic heterocycles. The van der Waals surface area contributed by atoms with E-state index in [2.05, 4.69) is 20.9 Å². The van der Waals surface area contributed by atoms with Gasteiger partial charge in [-0.25, -0.2) is 0 Å². The van der Waals surface area contributed by atoms with Crippen molar-refractivity contribution in [3.8, 4) is 17.2 Å². The number of amides is 1. The fraction of sp³-hybridized carbons (Fsp3) is 0.304. The maximum absolute atomic E-state index is 12.7. The Labute approximate surface area is 199 Å². The molecule has 3 aromatic rings. The summed E-state index contributed by atoms with van der Waals surface area (Å²) in [5.74, 6) is 1.16. The van der Waals surface area contributed by atoms with Gasteiger partial charge in [-0.1, -0.05) is 27.3 Å². The highest BCUT2D eigenvalue weighted by molar-refractivity contribution is 9.10. The fourth-order valence-corrected chi connectivity index (χ4v) is 4.76. The molecule has 0 fully saturated rings. The summed E-state index contributed by atoms with van der Waals surface area (Å²) in [5, 5.41) is 0. The zero-order valence-electron chi connectivity index (χ0n) is 18.4. The molecule has 0 saturated carbocycles. The Hall–Kier alpha value is -2.62. The number of methoxy groups -OCH3 is 3. The van der Waals surface area contributed by atoms with Gasteiger partial charge in [0, 0.05) is 23.7 Å². The van der Waals surface area contributed by atoms with Crippen LogP contribution in [0.15, 0.2) is 45.9 Å². The van der Waals surface area contributed by atoms with Crippen molar-refractivity contribution in [3.05, 3.63) is 51.2 Å². The molecular weight excluding hydrogens is 496 g/mol. The summed E-state index contributed by atoms with van der Waals surface area (Å²) in [7, 11) is 4.64. The smallest absolute Gasteiger partial charge is 0.272 e. The van der Waals surface area contributed by atoms with E-state index in [-0.39, 0.29) is 5.91 Å². The molecule has 1 aromatic heterocycles. The molecule has 1 amide bonds. The maximum Gasteiger partial charge on any atom is 0.272 e. The molecule has 0 aliphatic rings. The van der Waals surface area contributed by atoms with E-state index in [1.54, 1.807) is 39.5 Å². The van der Waals surface area contributed by atoms with E-state index >= 15 is 0 Å². The second kappa shape index (κ2) is 11.3. The minimum atomic E-state index is -0.366. The van der Waals surface area contributed by atoms with Crippen molar-refractivity contribution < 1.29 is 23.7 Å². The van der Waals surface area contributed by atoms with Crippen molar-refractivity contribution >= 4 is 49.5 Å². The van der Waals surface area contributed by atoms with Gasteiger partial charge in [0.15, 0.2) is 16.3 Å². The molecule has 0 aliphatic carbocycles. The van der Waals surface area contributed by atoms with E-state index in [1.165, 1.54) is 17.4 Å². The second-order valence-corrected chi connectivity index (χ2v) is 8.51. The standard InChI is InChI=1S/C23H25BrN2O5S/c1-5-31-11-10-26-17-8-7-16(24)14-20(17)32-23(26)25-21(27)9-6-15-12-18(28-2)22(30-4)19(13-15)29-3/h6-9,12-14H,5,10-11H2,1-4H3/b9-6-,25-23?. The van der Waals surface area contributed by atoms with Crippen molar-refractivity contribution in [2.24, 2.45) is 4.99 Å². The first kappa shape index (κ1) is 24.0. The van der Waals surface area contributed by atoms with Gasteiger partial charge in [0.05, 0.1) is 38.2 Å². The molecule has 170 valence electrons. The van der Waals surface area contributed by atoms with E-state index in [1.807, 2.05) is 29.7 Å². The van der Waals surface area contributed by atoms with Crippen LogP contribution in [-0.4, -0.2) is 45.0 Å². The van der Waals surface area contributed by atoms with E-state index in [4.69, 9.17) is 18.9 Å². The van der Waals surface area contributed by atoms with Crippen LogP contribution in [0.2, 0.25) is 0 Å². The average molecular weight is 521 g/mol. The Kier molecular flexibility index (Phi) is 8.49. The van der Waals surface area contributed by atoms with Gasteiger partial charge in [0.1, 0.15) is 0 Å². The third-order valence-electron chi connectivity index (χ3n) is 4.62. The van der Waals surface area contributed by atoms with Crippen LogP contribution in [0.5, 0.6) is 17.2 Å². The Morgan fingerprint density at radius 3 is 2.47 bits per heavy atom. The number of carbonyl (C=O) groups excluding carboxylic acids is 1. The van der Waals surface area contributed by atoms with E-state index in [0.29, 0.717) is 41.8 Å². The minimum Gasteiger partial charge on any atom is -0.493 e. The Morgan fingerprint density at radius 2 is 1.84 bits per heavy atom. The van der Waals surface area contributed by atoms with E-state index in [9.17, 15) is 4.79 Å². The maximum atomic E-state index is 12.7. The first-order valence-corrected chi connectivity index (χ1v) is 11.5. The van der Waals surface area contributed by atoms with Crippen LogP contribution in [0.25, 0.3) is 16.3 Å². The topological polar surface area (TPSA) is 71.3 Å². The lowest BCUT2D eigenvalue weighted by molar-refractivity contribution is -0.113. The Balaban J connectivity index is 1.94. The summed E-state index contributed by atoms with van der Waals surface area (Å²) in [6, 6.07) is 9.54. The van der Waals surface area contributed by atoms with Gasteiger partial charge in [-0.15, -0.1) is 0 Å². The normalized spacial score (nSPS) is 12.0. The van der Waals surface area contributed by atoms with Crippen LogP contribution >= 0.6 is 27.3 Å². The third kappa shape index (κ3) is 5.59. The van der Waals surface area contributed by atoms with Crippen LogP contribution in [0.3, 0.4) is 0 Å². The number of hydrogen-bond donors (Lipinski definition) is 0. The lowest BCUT2D eigenvalue weighted by atomic mass is 10.1. The number of carbonyl (C=O) groups is 1. The predicted molar refractivity (Wildman–Crippen MR) is 130 cm³/mol. The molecule has 9 heteroatoms. The summed E-state index contributed by atoms with van der Waals surface area (Å²) in [6.07, 6.45) is 3.10. The number of rotatable bonds is 9. The Morgan fingerprint density at radius 1 is 1.12 bits per heavy atom. The summed E-state index contributed by atoms with van der Waals surface area (Å²) in [5.41, 5.74) is 1.74. The summed E-state index contributed by atoms with van der Waals surface area (Å²) >= 11 is 4.96. The van der Waals surface area contributed by atoms with Crippen LogP contribution < -0.4 is 19.0 Å². The zero-order valence-corrected chi connectivity index (χ0v) is 20.8. The van der Waals surface area contributed by atoms with Crippen molar-refractivity contribution in [1.82, 2.24) is 4.57 Å². The lowest BCUT2D eigenvalue weighted by Gasteiger charge is -2.12. The van der Waals surface area contributed by atoms with Gasteiger partial charge in [-0.3, -0.25) is 4.79 Å². The molecule has 0 bridgehead atoms. The first-order chi connectivity index (χ1) is 15.5. The highest BCUT2D eigenvalue weighted by Crippen LogP contribution is 2.38. The average Bonchev–Trinajstić information content (AvgIpc) is 3.12. The molecule has 0 saturated heterocycles. The molecule has 3 rings (SSSR count). The minimum absolute atomic E-state index is 0.366. The number of benzene rings is 2. The van der Waals surface area contributed by atoms with Gasteiger partial charge in [-0.2, -0.15) is 4.99 Å². The Bertz CT molecular complexity index is 1170. The monoisotopic (exact) mass is 520 g/mol. The second-order valence-electron chi connectivity index (χ2n) is 6.59.